The van der Waals surface area contributed by atoms with Gasteiger partial charge in [-0.05, 0) is 24.6 Å². The summed E-state index contributed by atoms with van der Waals surface area (Å²) in [5.74, 6) is 0.746. The summed E-state index contributed by atoms with van der Waals surface area (Å²) < 4.78 is 5.33. The Hall–Kier alpha value is -1.48. The van der Waals surface area contributed by atoms with Crippen molar-refractivity contribution in [2.45, 2.75) is 13.3 Å². The van der Waals surface area contributed by atoms with Crippen LogP contribution in [0.1, 0.15) is 12.6 Å². The van der Waals surface area contributed by atoms with E-state index in [2.05, 4.69) is 17.2 Å². The van der Waals surface area contributed by atoms with Crippen LogP contribution in [0.2, 0.25) is 5.02 Å². The Morgan fingerprint density at radius 1 is 1.41 bits per heavy atom. The molecule has 0 saturated carbocycles. The number of ether oxygens (including phenoxy) is 1. The van der Waals surface area contributed by atoms with E-state index in [1.165, 1.54) is 0 Å². The fourth-order valence-corrected chi connectivity index (χ4v) is 2.13. The molecule has 1 aromatic carbocycles. The summed E-state index contributed by atoms with van der Waals surface area (Å²) in [5, 5.41) is 4.75. The van der Waals surface area contributed by atoms with Gasteiger partial charge < -0.3 is 10.1 Å². The third-order valence-electron chi connectivity index (χ3n) is 2.78. The molecule has 0 atom stereocenters. The van der Waals surface area contributed by atoms with Crippen molar-refractivity contribution < 1.29 is 4.74 Å². The van der Waals surface area contributed by atoms with Gasteiger partial charge in [-0.1, -0.05) is 18.5 Å². The van der Waals surface area contributed by atoms with E-state index < -0.39 is 0 Å². The lowest BCUT2D eigenvalue weighted by Crippen LogP contribution is -1.98. The van der Waals surface area contributed by atoms with Crippen LogP contribution < -0.4 is 10.1 Å². The molecule has 0 fully saturated rings. The molecule has 1 aromatic heterocycles. The number of anilines is 1. The van der Waals surface area contributed by atoms with Crippen LogP contribution in [0.25, 0.3) is 10.9 Å². The Balaban J connectivity index is 2.86. The van der Waals surface area contributed by atoms with Crippen molar-refractivity contribution in [2.75, 3.05) is 19.5 Å². The fraction of sp³-hybridized carbons (Fsp3) is 0.308. The average molecular weight is 251 g/mol. The maximum absolute atomic E-state index is 6.23. The van der Waals surface area contributed by atoms with E-state index in [0.717, 1.165) is 34.5 Å². The Labute approximate surface area is 106 Å². The molecule has 0 aliphatic rings. The number of aryl methyl sites for hydroxylation is 1. The van der Waals surface area contributed by atoms with Crippen molar-refractivity contribution >= 4 is 28.2 Å². The first-order chi connectivity index (χ1) is 8.21. The van der Waals surface area contributed by atoms with Gasteiger partial charge in [0.2, 0.25) is 0 Å². The smallest absolute Gasteiger partial charge is 0.145 e. The topological polar surface area (TPSA) is 34.1 Å². The van der Waals surface area contributed by atoms with E-state index in [4.69, 9.17) is 16.3 Å². The summed E-state index contributed by atoms with van der Waals surface area (Å²) in [7, 11) is 3.52. The van der Waals surface area contributed by atoms with Crippen LogP contribution in [0.15, 0.2) is 18.2 Å². The monoisotopic (exact) mass is 250 g/mol. The summed E-state index contributed by atoms with van der Waals surface area (Å²) in [6, 6.07) is 5.70. The summed E-state index contributed by atoms with van der Waals surface area (Å²) in [5.41, 5.74) is 2.81. The number of nitrogens with zero attached hydrogens (tertiary/aromatic N) is 1. The summed E-state index contributed by atoms with van der Waals surface area (Å²) >= 11 is 6.23. The van der Waals surface area contributed by atoms with Crippen molar-refractivity contribution in [1.29, 1.82) is 0 Å². The SMILES string of the molecule is CCc1cc(NC)c2c(Cl)ccc(OC)c2n1. The van der Waals surface area contributed by atoms with Gasteiger partial charge in [-0.3, -0.25) is 0 Å². The van der Waals surface area contributed by atoms with Crippen molar-refractivity contribution in [1.82, 2.24) is 4.98 Å². The van der Waals surface area contributed by atoms with Crippen molar-refractivity contribution in [3.05, 3.63) is 28.9 Å². The molecule has 0 radical (unpaired) electrons. The molecule has 4 heteroatoms. The summed E-state index contributed by atoms with van der Waals surface area (Å²) in [4.78, 5) is 4.58. The number of hydrogen-bond donors (Lipinski definition) is 1. The number of methoxy groups -OCH3 is 1. The van der Waals surface area contributed by atoms with Crippen LogP contribution in [0.3, 0.4) is 0 Å². The van der Waals surface area contributed by atoms with Crippen LogP contribution >= 0.6 is 11.6 Å². The Morgan fingerprint density at radius 3 is 2.76 bits per heavy atom. The maximum Gasteiger partial charge on any atom is 0.145 e. The minimum Gasteiger partial charge on any atom is -0.494 e. The summed E-state index contributed by atoms with van der Waals surface area (Å²) in [6.07, 6.45) is 0.875. The van der Waals surface area contributed by atoms with Gasteiger partial charge in [0.1, 0.15) is 11.3 Å². The predicted octanol–water partition coefficient (Wildman–Crippen LogP) is 3.50. The molecule has 0 aliphatic carbocycles. The number of benzene rings is 1. The lowest BCUT2D eigenvalue weighted by molar-refractivity contribution is 0.419. The fourth-order valence-electron chi connectivity index (χ4n) is 1.87. The van der Waals surface area contributed by atoms with Crippen molar-refractivity contribution in [3.8, 4) is 5.75 Å². The molecule has 1 heterocycles. The normalized spacial score (nSPS) is 10.6. The first kappa shape index (κ1) is 12.0. The zero-order valence-electron chi connectivity index (χ0n) is 10.2. The molecule has 17 heavy (non-hydrogen) atoms. The van der Waals surface area contributed by atoms with E-state index >= 15 is 0 Å². The molecule has 0 bridgehead atoms. The molecular formula is C13H15ClN2O. The average Bonchev–Trinajstić information content (AvgIpc) is 2.37. The Bertz CT molecular complexity index is 555. The molecule has 90 valence electrons. The number of fused-ring (bicyclic) bond motifs is 1. The van der Waals surface area contributed by atoms with Gasteiger partial charge >= 0.3 is 0 Å². The number of hydrogen-bond acceptors (Lipinski definition) is 3. The van der Waals surface area contributed by atoms with Gasteiger partial charge in [0.15, 0.2) is 0 Å². The molecule has 0 aliphatic heterocycles. The third kappa shape index (κ3) is 2.03. The van der Waals surface area contributed by atoms with E-state index in [1.807, 2.05) is 25.2 Å². The second kappa shape index (κ2) is 4.80. The van der Waals surface area contributed by atoms with E-state index in [-0.39, 0.29) is 0 Å². The quantitative estimate of drug-likeness (QED) is 0.905. The van der Waals surface area contributed by atoms with Crippen molar-refractivity contribution in [2.24, 2.45) is 0 Å². The van der Waals surface area contributed by atoms with Gasteiger partial charge in [-0.25, -0.2) is 4.98 Å². The molecular weight excluding hydrogens is 236 g/mol. The molecule has 0 spiro atoms. The predicted molar refractivity (Wildman–Crippen MR) is 72.2 cm³/mol. The Morgan fingerprint density at radius 2 is 2.18 bits per heavy atom. The van der Waals surface area contributed by atoms with E-state index in [1.54, 1.807) is 7.11 Å². The van der Waals surface area contributed by atoms with Gasteiger partial charge in [-0.2, -0.15) is 0 Å². The lowest BCUT2D eigenvalue weighted by atomic mass is 10.1. The molecule has 2 rings (SSSR count). The maximum atomic E-state index is 6.23. The highest BCUT2D eigenvalue weighted by atomic mass is 35.5. The lowest BCUT2D eigenvalue weighted by Gasteiger charge is -2.12. The van der Waals surface area contributed by atoms with E-state index in [9.17, 15) is 0 Å². The standard InChI is InChI=1S/C13H15ClN2O/c1-4-8-7-10(15-2)12-9(14)5-6-11(17-3)13(12)16-8/h5-7H,4H2,1-3H3,(H,15,16). The van der Waals surface area contributed by atoms with Crippen LogP contribution in [0, 0.1) is 0 Å². The highest BCUT2D eigenvalue weighted by Gasteiger charge is 2.12. The molecule has 3 nitrogen and oxygen atoms in total. The molecule has 0 amide bonds. The largest absolute Gasteiger partial charge is 0.494 e. The first-order valence-corrected chi connectivity index (χ1v) is 5.93. The first-order valence-electron chi connectivity index (χ1n) is 5.55. The highest BCUT2D eigenvalue weighted by molar-refractivity contribution is 6.36. The van der Waals surface area contributed by atoms with Gasteiger partial charge in [-0.15, -0.1) is 0 Å². The van der Waals surface area contributed by atoms with Gasteiger partial charge in [0.25, 0.3) is 0 Å². The van der Waals surface area contributed by atoms with E-state index in [0.29, 0.717) is 5.02 Å². The highest BCUT2D eigenvalue weighted by Crippen LogP contribution is 2.35. The third-order valence-corrected chi connectivity index (χ3v) is 3.09. The minimum absolute atomic E-state index is 0.681. The van der Waals surface area contributed by atoms with Crippen LogP contribution in [0.5, 0.6) is 5.75 Å². The van der Waals surface area contributed by atoms with Gasteiger partial charge in [0.05, 0.1) is 12.1 Å². The number of pyridine rings is 1. The number of rotatable bonds is 3. The molecule has 0 unspecified atom stereocenters. The van der Waals surface area contributed by atoms with Crippen LogP contribution in [-0.4, -0.2) is 19.1 Å². The Kier molecular flexibility index (Phi) is 3.38. The number of aromatic nitrogens is 1. The number of nitrogens with one attached hydrogen (secondary N) is 1. The molecule has 0 saturated heterocycles. The summed E-state index contributed by atoms with van der Waals surface area (Å²) in [6.45, 7) is 2.07. The molecule has 2 aromatic rings. The van der Waals surface area contributed by atoms with Crippen molar-refractivity contribution in [3.63, 3.8) is 0 Å². The zero-order chi connectivity index (χ0) is 12.4. The van der Waals surface area contributed by atoms with Crippen LogP contribution in [-0.2, 0) is 6.42 Å². The van der Waals surface area contributed by atoms with Crippen LogP contribution in [0.4, 0.5) is 5.69 Å². The zero-order valence-corrected chi connectivity index (χ0v) is 10.9. The number of halogens is 1. The second-order valence-electron chi connectivity index (χ2n) is 3.74. The minimum atomic E-state index is 0.681. The molecule has 1 N–H and O–H groups in total. The second-order valence-corrected chi connectivity index (χ2v) is 4.15. The van der Waals surface area contributed by atoms with Gasteiger partial charge in [0, 0.05) is 23.8 Å².